The summed E-state index contributed by atoms with van der Waals surface area (Å²) in [5, 5.41) is 0. The van der Waals surface area contributed by atoms with Gasteiger partial charge in [-0.25, -0.2) is 9.59 Å². The molecular formula is C22H30O6. The molecule has 0 spiro atoms. The molecule has 28 heavy (non-hydrogen) atoms. The minimum atomic E-state index is -0.374. The Hall–Kier alpha value is -2.76. The molecule has 0 saturated carbocycles. The first kappa shape index (κ1) is 23.3. The number of esters is 2. The fourth-order valence-electron chi connectivity index (χ4n) is 2.36. The molecule has 6 nitrogen and oxygen atoms in total. The number of carbonyl (C=O) groups is 2. The molecule has 0 atom stereocenters. The zero-order chi connectivity index (χ0) is 20.8. The van der Waals surface area contributed by atoms with Crippen molar-refractivity contribution in [2.45, 2.75) is 39.0 Å². The van der Waals surface area contributed by atoms with Crippen molar-refractivity contribution in [1.82, 2.24) is 0 Å². The van der Waals surface area contributed by atoms with Crippen molar-refractivity contribution in [3.8, 4) is 11.5 Å². The molecule has 0 saturated heterocycles. The maximum atomic E-state index is 11.8. The van der Waals surface area contributed by atoms with Crippen LogP contribution in [0.2, 0.25) is 0 Å². The Morgan fingerprint density at radius 3 is 2.14 bits per heavy atom. The Bertz CT molecular complexity index is 678. The molecule has 0 aliphatic heterocycles. The van der Waals surface area contributed by atoms with E-state index in [1.165, 1.54) is 6.08 Å². The lowest BCUT2D eigenvalue weighted by Gasteiger charge is -2.07. The summed E-state index contributed by atoms with van der Waals surface area (Å²) < 4.78 is 20.6. The molecule has 0 aliphatic rings. The maximum absolute atomic E-state index is 11.8. The van der Waals surface area contributed by atoms with Gasteiger partial charge in [-0.2, -0.15) is 0 Å². The standard InChI is InChI=1S/C22H30O6/c1-17(2)22(24)28-15-9-7-5-6-8-14-27-21(23)13-11-18-10-12-19(25-3)20(16-18)26-4/h10-13,16H,1,5-9,14-15H2,2-4H3. The number of hydrogen-bond donors (Lipinski definition) is 0. The number of rotatable bonds is 13. The highest BCUT2D eigenvalue weighted by atomic mass is 16.5. The van der Waals surface area contributed by atoms with Gasteiger partial charge in [0.2, 0.25) is 0 Å². The average molecular weight is 390 g/mol. The lowest BCUT2D eigenvalue weighted by molar-refractivity contribution is -0.139. The summed E-state index contributed by atoms with van der Waals surface area (Å²) in [6.07, 6.45) is 7.64. The van der Waals surface area contributed by atoms with Gasteiger partial charge in [0.1, 0.15) is 0 Å². The second kappa shape index (κ2) is 13.4. The molecule has 1 aromatic rings. The third kappa shape index (κ3) is 9.26. The highest BCUT2D eigenvalue weighted by Gasteiger charge is 2.04. The van der Waals surface area contributed by atoms with Crippen LogP contribution in [-0.4, -0.2) is 39.4 Å². The van der Waals surface area contributed by atoms with E-state index in [1.807, 2.05) is 6.07 Å². The van der Waals surface area contributed by atoms with Gasteiger partial charge in [-0.15, -0.1) is 0 Å². The molecule has 1 aromatic carbocycles. The topological polar surface area (TPSA) is 71.1 Å². The zero-order valence-electron chi connectivity index (χ0n) is 17.0. The van der Waals surface area contributed by atoms with Crippen LogP contribution >= 0.6 is 0 Å². The van der Waals surface area contributed by atoms with Gasteiger partial charge in [0.05, 0.1) is 27.4 Å². The van der Waals surface area contributed by atoms with Crippen LogP contribution in [0.4, 0.5) is 0 Å². The fourth-order valence-corrected chi connectivity index (χ4v) is 2.36. The first-order valence-corrected chi connectivity index (χ1v) is 9.37. The molecule has 154 valence electrons. The van der Waals surface area contributed by atoms with Crippen LogP contribution in [0.5, 0.6) is 11.5 Å². The highest BCUT2D eigenvalue weighted by Crippen LogP contribution is 2.27. The molecule has 0 unspecified atom stereocenters. The highest BCUT2D eigenvalue weighted by molar-refractivity contribution is 5.87. The van der Waals surface area contributed by atoms with Crippen molar-refractivity contribution < 1.29 is 28.5 Å². The van der Waals surface area contributed by atoms with E-state index in [4.69, 9.17) is 18.9 Å². The molecule has 0 fully saturated rings. The number of methoxy groups -OCH3 is 2. The molecule has 1 rings (SSSR count). The van der Waals surface area contributed by atoms with Gasteiger partial charge in [-0.3, -0.25) is 0 Å². The van der Waals surface area contributed by atoms with E-state index < -0.39 is 0 Å². The van der Waals surface area contributed by atoms with E-state index in [1.54, 1.807) is 39.4 Å². The third-order valence-corrected chi connectivity index (χ3v) is 3.93. The molecular weight excluding hydrogens is 360 g/mol. The summed E-state index contributed by atoms with van der Waals surface area (Å²) in [6, 6.07) is 5.40. The summed E-state index contributed by atoms with van der Waals surface area (Å²) >= 11 is 0. The number of carbonyl (C=O) groups excluding carboxylic acids is 2. The van der Waals surface area contributed by atoms with Crippen LogP contribution in [0.1, 0.15) is 44.6 Å². The van der Waals surface area contributed by atoms with Crippen molar-refractivity contribution >= 4 is 18.0 Å². The molecule has 0 radical (unpaired) electrons. The molecule has 0 aromatic heterocycles. The minimum Gasteiger partial charge on any atom is -0.493 e. The molecule has 0 bridgehead atoms. The normalized spacial score (nSPS) is 10.5. The van der Waals surface area contributed by atoms with Crippen molar-refractivity contribution in [3.05, 3.63) is 42.0 Å². The van der Waals surface area contributed by atoms with Crippen molar-refractivity contribution in [2.75, 3.05) is 27.4 Å². The van der Waals surface area contributed by atoms with Crippen LogP contribution in [0.3, 0.4) is 0 Å². The zero-order valence-corrected chi connectivity index (χ0v) is 17.0. The van der Waals surface area contributed by atoms with Gasteiger partial charge >= 0.3 is 11.9 Å². The van der Waals surface area contributed by atoms with Gasteiger partial charge in [0, 0.05) is 11.6 Å². The smallest absolute Gasteiger partial charge is 0.333 e. The van der Waals surface area contributed by atoms with Crippen LogP contribution in [0.15, 0.2) is 36.4 Å². The lowest BCUT2D eigenvalue weighted by atomic mass is 10.1. The third-order valence-electron chi connectivity index (χ3n) is 3.93. The van der Waals surface area contributed by atoms with Gasteiger partial charge in [-0.05, 0) is 43.5 Å². The molecule has 0 heterocycles. The Labute approximate surface area is 167 Å². The number of ether oxygens (including phenoxy) is 4. The van der Waals surface area contributed by atoms with Gasteiger partial charge < -0.3 is 18.9 Å². The number of unbranched alkanes of at least 4 members (excludes halogenated alkanes) is 4. The Kier molecular flexibility index (Phi) is 11.2. The van der Waals surface area contributed by atoms with Crippen molar-refractivity contribution in [1.29, 1.82) is 0 Å². The lowest BCUT2D eigenvalue weighted by Crippen LogP contribution is -2.06. The summed E-state index contributed by atoms with van der Waals surface area (Å²) in [7, 11) is 3.14. The number of benzene rings is 1. The van der Waals surface area contributed by atoms with Gasteiger partial charge in [0.25, 0.3) is 0 Å². The van der Waals surface area contributed by atoms with Crippen LogP contribution in [-0.2, 0) is 19.1 Å². The number of hydrogen-bond acceptors (Lipinski definition) is 6. The first-order valence-electron chi connectivity index (χ1n) is 9.37. The summed E-state index contributed by atoms with van der Waals surface area (Å²) in [5.41, 5.74) is 1.24. The maximum Gasteiger partial charge on any atom is 0.333 e. The average Bonchev–Trinajstić information content (AvgIpc) is 2.70. The van der Waals surface area contributed by atoms with Crippen LogP contribution in [0, 0.1) is 0 Å². The van der Waals surface area contributed by atoms with Crippen LogP contribution in [0.25, 0.3) is 6.08 Å². The Morgan fingerprint density at radius 1 is 0.929 bits per heavy atom. The summed E-state index contributed by atoms with van der Waals surface area (Å²) in [6.45, 7) is 5.97. The monoisotopic (exact) mass is 390 g/mol. The fraction of sp³-hybridized carbons (Fsp3) is 0.455. The van der Waals surface area contributed by atoms with E-state index in [0.717, 1.165) is 37.7 Å². The van der Waals surface area contributed by atoms with Gasteiger partial charge in [0.15, 0.2) is 11.5 Å². The molecule has 0 aliphatic carbocycles. The second-order valence-electron chi connectivity index (χ2n) is 6.30. The Balaban J connectivity index is 2.15. The molecule has 0 amide bonds. The summed E-state index contributed by atoms with van der Waals surface area (Å²) in [5.74, 6) is 0.526. The van der Waals surface area contributed by atoms with E-state index in [-0.39, 0.29) is 11.9 Å². The van der Waals surface area contributed by atoms with E-state index in [0.29, 0.717) is 30.3 Å². The predicted octanol–water partition coefficient (Wildman–Crippen LogP) is 4.33. The summed E-state index contributed by atoms with van der Waals surface area (Å²) in [4.78, 5) is 23.0. The Morgan fingerprint density at radius 2 is 1.54 bits per heavy atom. The quantitative estimate of drug-likeness (QED) is 0.284. The van der Waals surface area contributed by atoms with E-state index in [2.05, 4.69) is 6.58 Å². The van der Waals surface area contributed by atoms with Crippen LogP contribution < -0.4 is 9.47 Å². The minimum absolute atomic E-state index is 0.340. The second-order valence-corrected chi connectivity index (χ2v) is 6.30. The van der Waals surface area contributed by atoms with Crippen molar-refractivity contribution in [3.63, 3.8) is 0 Å². The van der Waals surface area contributed by atoms with Gasteiger partial charge in [-0.1, -0.05) is 31.9 Å². The largest absolute Gasteiger partial charge is 0.493 e. The predicted molar refractivity (Wildman–Crippen MR) is 108 cm³/mol. The molecule has 6 heteroatoms. The molecule has 0 N–H and O–H groups in total. The van der Waals surface area contributed by atoms with Crippen molar-refractivity contribution in [2.24, 2.45) is 0 Å². The van der Waals surface area contributed by atoms with E-state index >= 15 is 0 Å². The van der Waals surface area contributed by atoms with E-state index in [9.17, 15) is 9.59 Å². The SMILES string of the molecule is C=C(C)C(=O)OCCCCCCCOC(=O)C=Cc1ccc(OC)c(OC)c1. The first-order chi connectivity index (χ1) is 13.5.